The fourth-order valence-electron chi connectivity index (χ4n) is 4.61. The molecule has 0 N–H and O–H groups in total. The fourth-order valence-corrected chi connectivity index (χ4v) is 5.48. The van der Waals surface area contributed by atoms with E-state index in [4.69, 9.17) is 24.5 Å². The number of nitrogens with zero attached hydrogens (tertiary/aromatic N) is 5. The second kappa shape index (κ2) is 10.1. The summed E-state index contributed by atoms with van der Waals surface area (Å²) in [7, 11) is 5.12. The zero-order valence-corrected chi connectivity index (χ0v) is 21.0. The van der Waals surface area contributed by atoms with Gasteiger partial charge in [-0.3, -0.25) is 4.79 Å². The normalized spacial score (nSPS) is 14.4. The molecular formula is C26H29N5O3S. The molecule has 0 spiro atoms. The molecule has 1 amide bonds. The summed E-state index contributed by atoms with van der Waals surface area (Å²) in [6.45, 7) is 0. The Morgan fingerprint density at radius 3 is 2.49 bits per heavy atom. The fraction of sp³-hybridized carbons (Fsp3) is 0.385. The molecule has 2 aromatic carbocycles. The van der Waals surface area contributed by atoms with Crippen molar-refractivity contribution in [1.29, 1.82) is 0 Å². The van der Waals surface area contributed by atoms with E-state index in [0.29, 0.717) is 39.7 Å². The van der Waals surface area contributed by atoms with Crippen molar-refractivity contribution in [2.24, 2.45) is 0 Å². The number of ether oxygens (including phenoxy) is 2. The monoisotopic (exact) mass is 491 g/mol. The third-order valence-electron chi connectivity index (χ3n) is 6.62. The van der Waals surface area contributed by atoms with E-state index in [-0.39, 0.29) is 11.7 Å². The second-order valence-corrected chi connectivity index (χ2v) is 9.68. The van der Waals surface area contributed by atoms with Gasteiger partial charge in [-0.05, 0) is 18.9 Å². The first-order valence-electron chi connectivity index (χ1n) is 11.9. The summed E-state index contributed by atoms with van der Waals surface area (Å²) in [4.78, 5) is 24.6. The Kier molecular flexibility index (Phi) is 6.77. The van der Waals surface area contributed by atoms with Crippen molar-refractivity contribution < 1.29 is 14.3 Å². The lowest BCUT2D eigenvalue weighted by atomic mass is 9.94. The number of amides is 1. The molecule has 1 aliphatic carbocycles. The van der Waals surface area contributed by atoms with E-state index in [9.17, 15) is 4.79 Å². The first-order chi connectivity index (χ1) is 17.1. The van der Waals surface area contributed by atoms with Crippen molar-refractivity contribution in [3.05, 3.63) is 42.5 Å². The number of rotatable bonds is 7. The van der Waals surface area contributed by atoms with Gasteiger partial charge in [0.2, 0.25) is 5.91 Å². The van der Waals surface area contributed by atoms with Crippen LogP contribution in [0, 0.1) is 0 Å². The van der Waals surface area contributed by atoms with Crippen LogP contribution >= 0.6 is 11.8 Å². The Morgan fingerprint density at radius 2 is 1.77 bits per heavy atom. The van der Waals surface area contributed by atoms with Gasteiger partial charge in [0, 0.05) is 30.1 Å². The van der Waals surface area contributed by atoms with Crippen molar-refractivity contribution in [2.75, 3.05) is 27.0 Å². The predicted molar refractivity (Wildman–Crippen MR) is 137 cm³/mol. The number of fused-ring (bicyclic) bond motifs is 3. The largest absolute Gasteiger partial charge is 0.493 e. The van der Waals surface area contributed by atoms with Gasteiger partial charge < -0.3 is 14.4 Å². The van der Waals surface area contributed by atoms with Crippen molar-refractivity contribution >= 4 is 34.2 Å². The Bertz CT molecular complexity index is 1350. The maximum atomic E-state index is 13.0. The van der Waals surface area contributed by atoms with E-state index in [0.717, 1.165) is 23.8 Å². The van der Waals surface area contributed by atoms with Crippen LogP contribution in [-0.4, -0.2) is 63.5 Å². The molecule has 0 saturated heterocycles. The van der Waals surface area contributed by atoms with Crippen molar-refractivity contribution in [3.63, 3.8) is 0 Å². The third-order valence-corrected chi connectivity index (χ3v) is 7.53. The lowest BCUT2D eigenvalue weighted by Gasteiger charge is -2.31. The van der Waals surface area contributed by atoms with Crippen LogP contribution in [0.5, 0.6) is 11.5 Å². The van der Waals surface area contributed by atoms with E-state index >= 15 is 0 Å². The van der Waals surface area contributed by atoms with Gasteiger partial charge in [-0.2, -0.15) is 4.52 Å². The summed E-state index contributed by atoms with van der Waals surface area (Å²) < 4.78 is 12.7. The number of hydrogen-bond acceptors (Lipinski definition) is 7. The van der Waals surface area contributed by atoms with Crippen LogP contribution in [0.3, 0.4) is 0 Å². The van der Waals surface area contributed by atoms with Crippen LogP contribution in [-0.2, 0) is 4.79 Å². The standard InChI is InChI=1S/C26H29N5O3S/c1-30(18-12-8-5-9-13-18)23(32)16-35-26-27-20-15-22(34-3)21(33-2)14-19(20)25-28-24(29-31(25)26)17-10-6-4-7-11-17/h4,6-7,10-11,14-15,18H,5,8-9,12-13,16H2,1-3H3. The summed E-state index contributed by atoms with van der Waals surface area (Å²) in [6, 6.07) is 13.9. The molecule has 4 aromatic rings. The molecule has 182 valence electrons. The van der Waals surface area contributed by atoms with Gasteiger partial charge in [0.15, 0.2) is 28.1 Å². The quantitative estimate of drug-likeness (QED) is 0.270. The SMILES string of the molecule is COc1cc2nc(SCC(=O)N(C)C3CCCCC3)n3nc(-c4ccccc4)nc3c2cc1OC. The summed E-state index contributed by atoms with van der Waals surface area (Å²) in [5.74, 6) is 2.17. The molecule has 0 radical (unpaired) electrons. The summed E-state index contributed by atoms with van der Waals surface area (Å²) in [6.07, 6.45) is 5.80. The Balaban J connectivity index is 1.54. The highest BCUT2D eigenvalue weighted by atomic mass is 32.2. The average Bonchev–Trinajstić information content (AvgIpc) is 3.37. The minimum absolute atomic E-state index is 0.104. The van der Waals surface area contributed by atoms with Crippen LogP contribution in [0.25, 0.3) is 27.9 Å². The molecule has 1 fully saturated rings. The van der Waals surface area contributed by atoms with Gasteiger partial charge in [0.05, 0.1) is 25.5 Å². The number of benzene rings is 2. The van der Waals surface area contributed by atoms with E-state index in [1.165, 1.54) is 31.0 Å². The van der Waals surface area contributed by atoms with E-state index in [1.807, 2.05) is 54.4 Å². The van der Waals surface area contributed by atoms with Gasteiger partial charge in [-0.15, -0.1) is 5.10 Å². The van der Waals surface area contributed by atoms with Gasteiger partial charge in [-0.1, -0.05) is 61.4 Å². The number of hydrogen-bond donors (Lipinski definition) is 0. The highest BCUT2D eigenvalue weighted by Crippen LogP contribution is 2.35. The van der Waals surface area contributed by atoms with Gasteiger partial charge in [0.1, 0.15) is 0 Å². The minimum Gasteiger partial charge on any atom is -0.493 e. The van der Waals surface area contributed by atoms with E-state index in [2.05, 4.69) is 0 Å². The predicted octanol–water partition coefficient (Wildman–Crippen LogP) is 4.84. The van der Waals surface area contributed by atoms with Crippen LogP contribution in [0.4, 0.5) is 0 Å². The molecule has 2 heterocycles. The third kappa shape index (κ3) is 4.65. The smallest absolute Gasteiger partial charge is 0.233 e. The molecule has 0 atom stereocenters. The van der Waals surface area contributed by atoms with Crippen molar-refractivity contribution in [3.8, 4) is 22.9 Å². The summed E-state index contributed by atoms with van der Waals surface area (Å²) in [5.41, 5.74) is 2.28. The topological polar surface area (TPSA) is 81.9 Å². The molecule has 35 heavy (non-hydrogen) atoms. The van der Waals surface area contributed by atoms with Crippen LogP contribution in [0.15, 0.2) is 47.6 Å². The average molecular weight is 492 g/mol. The highest BCUT2D eigenvalue weighted by Gasteiger charge is 2.23. The molecule has 0 unspecified atom stereocenters. The van der Waals surface area contributed by atoms with Crippen molar-refractivity contribution in [2.45, 2.75) is 43.3 Å². The number of aromatic nitrogens is 4. The second-order valence-electron chi connectivity index (χ2n) is 8.74. The Hall–Kier alpha value is -3.33. The highest BCUT2D eigenvalue weighted by molar-refractivity contribution is 7.99. The number of carbonyl (C=O) groups excluding carboxylic acids is 1. The van der Waals surface area contributed by atoms with Crippen LogP contribution in [0.2, 0.25) is 0 Å². The first-order valence-corrected chi connectivity index (χ1v) is 12.8. The number of methoxy groups -OCH3 is 2. The molecule has 9 heteroatoms. The first kappa shape index (κ1) is 23.4. The molecule has 0 bridgehead atoms. The minimum atomic E-state index is 0.104. The Morgan fingerprint density at radius 1 is 1.06 bits per heavy atom. The molecule has 1 aliphatic rings. The van der Waals surface area contributed by atoms with Crippen LogP contribution in [0.1, 0.15) is 32.1 Å². The number of thioether (sulfide) groups is 1. The van der Waals surface area contributed by atoms with E-state index in [1.54, 1.807) is 18.7 Å². The molecule has 0 aliphatic heterocycles. The van der Waals surface area contributed by atoms with Gasteiger partial charge >= 0.3 is 0 Å². The zero-order chi connectivity index (χ0) is 24.4. The maximum absolute atomic E-state index is 13.0. The molecule has 2 aromatic heterocycles. The molecular weight excluding hydrogens is 462 g/mol. The Labute approximate surface area is 208 Å². The van der Waals surface area contributed by atoms with E-state index < -0.39 is 0 Å². The lowest BCUT2D eigenvalue weighted by molar-refractivity contribution is -0.129. The van der Waals surface area contributed by atoms with Gasteiger partial charge in [-0.25, -0.2) is 9.97 Å². The summed E-state index contributed by atoms with van der Waals surface area (Å²) in [5, 5.41) is 6.18. The van der Waals surface area contributed by atoms with Crippen LogP contribution < -0.4 is 9.47 Å². The zero-order valence-electron chi connectivity index (χ0n) is 20.2. The van der Waals surface area contributed by atoms with Crippen molar-refractivity contribution in [1.82, 2.24) is 24.5 Å². The molecule has 1 saturated carbocycles. The van der Waals surface area contributed by atoms with Gasteiger partial charge in [0.25, 0.3) is 0 Å². The molecule has 5 rings (SSSR count). The number of carbonyl (C=O) groups is 1. The lowest BCUT2D eigenvalue weighted by Crippen LogP contribution is -2.39. The molecule has 8 nitrogen and oxygen atoms in total. The summed E-state index contributed by atoms with van der Waals surface area (Å²) >= 11 is 1.38. The maximum Gasteiger partial charge on any atom is 0.233 e.